The summed E-state index contributed by atoms with van der Waals surface area (Å²) in [5.41, 5.74) is 6.86. The van der Waals surface area contributed by atoms with Gasteiger partial charge in [-0.2, -0.15) is 0 Å². The van der Waals surface area contributed by atoms with E-state index in [9.17, 15) is 4.79 Å². The monoisotopic (exact) mass is 335 g/mol. The Morgan fingerprint density at radius 1 is 1.08 bits per heavy atom. The zero-order chi connectivity index (χ0) is 17.2. The first kappa shape index (κ1) is 16.2. The Labute approximate surface area is 149 Å². The van der Waals surface area contributed by atoms with Gasteiger partial charge >= 0.3 is 0 Å². The van der Waals surface area contributed by atoms with Gasteiger partial charge in [0.05, 0.1) is 5.56 Å². The summed E-state index contributed by atoms with van der Waals surface area (Å²) in [6, 6.07) is 12.7. The third kappa shape index (κ3) is 3.40. The van der Waals surface area contributed by atoms with E-state index in [0.29, 0.717) is 6.54 Å². The van der Waals surface area contributed by atoms with E-state index in [4.69, 9.17) is 0 Å². The molecule has 25 heavy (non-hydrogen) atoms. The quantitative estimate of drug-likeness (QED) is 0.902. The van der Waals surface area contributed by atoms with Gasteiger partial charge in [-0.25, -0.2) is 0 Å². The Hall–Kier alpha value is -2.33. The van der Waals surface area contributed by atoms with E-state index in [1.165, 1.54) is 24.0 Å². The van der Waals surface area contributed by atoms with Crippen molar-refractivity contribution in [1.82, 2.24) is 10.6 Å². The van der Waals surface area contributed by atoms with Crippen LogP contribution in [0.25, 0.3) is 0 Å². The van der Waals surface area contributed by atoms with Crippen LogP contribution in [0.2, 0.25) is 0 Å². The summed E-state index contributed by atoms with van der Waals surface area (Å²) in [4.78, 5) is 15.2. The van der Waals surface area contributed by atoms with Crippen LogP contribution in [0.1, 0.15) is 45.5 Å². The number of nitrogens with zero attached hydrogens (tertiary/aromatic N) is 1. The number of carbonyl (C=O) groups excluding carboxylic acids is 1. The van der Waals surface area contributed by atoms with E-state index in [2.05, 4.69) is 45.9 Å². The molecule has 0 atom stereocenters. The Morgan fingerprint density at radius 2 is 1.88 bits per heavy atom. The lowest BCUT2D eigenvalue weighted by atomic mass is 10.1. The van der Waals surface area contributed by atoms with Crippen molar-refractivity contribution in [2.75, 3.05) is 18.0 Å². The Morgan fingerprint density at radius 3 is 2.72 bits per heavy atom. The normalized spacial score (nSPS) is 16.1. The van der Waals surface area contributed by atoms with Crippen molar-refractivity contribution < 1.29 is 4.79 Å². The van der Waals surface area contributed by atoms with E-state index in [1.54, 1.807) is 0 Å². The maximum absolute atomic E-state index is 12.8. The van der Waals surface area contributed by atoms with Crippen LogP contribution < -0.4 is 15.5 Å². The van der Waals surface area contributed by atoms with Gasteiger partial charge in [-0.15, -0.1) is 0 Å². The highest BCUT2D eigenvalue weighted by atomic mass is 16.1. The molecule has 2 aliphatic heterocycles. The van der Waals surface area contributed by atoms with Crippen LogP contribution in [-0.4, -0.2) is 19.0 Å². The molecule has 0 unspecified atom stereocenters. The molecular weight excluding hydrogens is 310 g/mol. The molecule has 0 aliphatic carbocycles. The Bertz CT molecular complexity index is 794. The molecule has 0 saturated carbocycles. The summed E-state index contributed by atoms with van der Waals surface area (Å²) < 4.78 is 0. The fraction of sp³-hybridized carbons (Fsp3) is 0.381. The second-order valence-corrected chi connectivity index (χ2v) is 7.10. The van der Waals surface area contributed by atoms with Crippen LogP contribution in [0.5, 0.6) is 0 Å². The van der Waals surface area contributed by atoms with Crippen molar-refractivity contribution >= 4 is 11.6 Å². The summed E-state index contributed by atoms with van der Waals surface area (Å²) in [5, 5.41) is 6.47. The van der Waals surface area contributed by atoms with Crippen molar-refractivity contribution in [2.45, 2.75) is 39.4 Å². The van der Waals surface area contributed by atoms with Gasteiger partial charge in [-0.1, -0.05) is 29.8 Å². The van der Waals surface area contributed by atoms with E-state index in [1.807, 2.05) is 13.0 Å². The minimum absolute atomic E-state index is 0.0178. The molecule has 2 aromatic carbocycles. The third-order valence-corrected chi connectivity index (χ3v) is 5.20. The van der Waals surface area contributed by atoms with E-state index >= 15 is 0 Å². The standard InChI is InChI=1S/C21H25N3O/c1-15-4-7-20(24-8-2-3-9-24)19(10-15)21(25)23-12-16-5-6-17-13-22-14-18(17)11-16/h4-7,10-11,22H,2-3,8-9,12-14H2,1H3,(H,23,25). The lowest BCUT2D eigenvalue weighted by Crippen LogP contribution is -2.27. The SMILES string of the molecule is Cc1ccc(N2CCCC2)c(C(=O)NCc2ccc3c(c2)CNC3)c1. The van der Waals surface area contributed by atoms with E-state index < -0.39 is 0 Å². The minimum Gasteiger partial charge on any atom is -0.371 e. The maximum Gasteiger partial charge on any atom is 0.253 e. The first-order valence-corrected chi connectivity index (χ1v) is 9.16. The van der Waals surface area contributed by atoms with Gasteiger partial charge in [0.15, 0.2) is 0 Å². The van der Waals surface area contributed by atoms with Crippen molar-refractivity contribution in [2.24, 2.45) is 0 Å². The average molecular weight is 335 g/mol. The number of rotatable bonds is 4. The number of amides is 1. The number of benzene rings is 2. The van der Waals surface area contributed by atoms with Gasteiger partial charge in [0.1, 0.15) is 0 Å². The van der Waals surface area contributed by atoms with Gasteiger partial charge in [0.25, 0.3) is 5.91 Å². The Kier molecular flexibility index (Phi) is 4.45. The van der Waals surface area contributed by atoms with Crippen LogP contribution in [0.15, 0.2) is 36.4 Å². The molecule has 0 radical (unpaired) electrons. The molecular formula is C21H25N3O. The molecule has 4 rings (SSSR count). The molecule has 2 N–H and O–H groups in total. The number of aryl methyl sites for hydroxylation is 1. The number of carbonyl (C=O) groups is 1. The predicted molar refractivity (Wildman–Crippen MR) is 101 cm³/mol. The van der Waals surface area contributed by atoms with Crippen molar-refractivity contribution in [3.05, 3.63) is 64.2 Å². The number of hydrogen-bond donors (Lipinski definition) is 2. The maximum atomic E-state index is 12.8. The molecule has 2 aromatic rings. The predicted octanol–water partition coefficient (Wildman–Crippen LogP) is 3.13. The molecule has 4 nitrogen and oxygen atoms in total. The lowest BCUT2D eigenvalue weighted by Gasteiger charge is -2.21. The molecule has 0 bridgehead atoms. The van der Waals surface area contributed by atoms with Gasteiger partial charge in [-0.3, -0.25) is 4.79 Å². The van der Waals surface area contributed by atoms with Crippen molar-refractivity contribution in [3.63, 3.8) is 0 Å². The van der Waals surface area contributed by atoms with Crippen molar-refractivity contribution in [1.29, 1.82) is 0 Å². The molecule has 1 amide bonds. The molecule has 2 heterocycles. The van der Waals surface area contributed by atoms with Crippen LogP contribution >= 0.6 is 0 Å². The zero-order valence-electron chi connectivity index (χ0n) is 14.8. The summed E-state index contributed by atoms with van der Waals surface area (Å²) in [7, 11) is 0. The van der Waals surface area contributed by atoms with Crippen LogP contribution in [-0.2, 0) is 19.6 Å². The van der Waals surface area contributed by atoms with E-state index in [0.717, 1.165) is 48.6 Å². The highest BCUT2D eigenvalue weighted by Crippen LogP contribution is 2.26. The number of anilines is 1. The van der Waals surface area contributed by atoms with E-state index in [-0.39, 0.29) is 5.91 Å². The van der Waals surface area contributed by atoms with Gasteiger partial charge in [0, 0.05) is 38.4 Å². The van der Waals surface area contributed by atoms with Crippen LogP contribution in [0.3, 0.4) is 0 Å². The largest absolute Gasteiger partial charge is 0.371 e. The topological polar surface area (TPSA) is 44.4 Å². The highest BCUT2D eigenvalue weighted by molar-refractivity contribution is 6.00. The smallest absolute Gasteiger partial charge is 0.253 e. The fourth-order valence-corrected chi connectivity index (χ4v) is 3.80. The molecule has 1 saturated heterocycles. The molecule has 130 valence electrons. The van der Waals surface area contributed by atoms with Crippen LogP contribution in [0, 0.1) is 6.92 Å². The van der Waals surface area contributed by atoms with Gasteiger partial charge in [-0.05, 0) is 48.6 Å². The number of hydrogen-bond acceptors (Lipinski definition) is 3. The number of fused-ring (bicyclic) bond motifs is 1. The van der Waals surface area contributed by atoms with Gasteiger partial charge in [0.2, 0.25) is 0 Å². The second-order valence-electron chi connectivity index (χ2n) is 7.10. The van der Waals surface area contributed by atoms with Crippen molar-refractivity contribution in [3.8, 4) is 0 Å². The fourth-order valence-electron chi connectivity index (χ4n) is 3.80. The highest BCUT2D eigenvalue weighted by Gasteiger charge is 2.19. The zero-order valence-corrected chi connectivity index (χ0v) is 14.8. The third-order valence-electron chi connectivity index (χ3n) is 5.20. The number of nitrogens with one attached hydrogen (secondary N) is 2. The van der Waals surface area contributed by atoms with Gasteiger partial charge < -0.3 is 15.5 Å². The summed E-state index contributed by atoms with van der Waals surface area (Å²) in [6.07, 6.45) is 2.41. The first-order valence-electron chi connectivity index (χ1n) is 9.16. The molecule has 1 fully saturated rings. The second kappa shape index (κ2) is 6.89. The minimum atomic E-state index is 0.0178. The summed E-state index contributed by atoms with van der Waals surface area (Å²) >= 11 is 0. The molecule has 2 aliphatic rings. The molecule has 0 spiro atoms. The Balaban J connectivity index is 1.50. The molecule has 0 aromatic heterocycles. The first-order chi connectivity index (χ1) is 12.2. The van der Waals surface area contributed by atoms with Crippen LogP contribution in [0.4, 0.5) is 5.69 Å². The summed E-state index contributed by atoms with van der Waals surface area (Å²) in [6.45, 7) is 6.57. The molecule has 4 heteroatoms. The average Bonchev–Trinajstić information content (AvgIpc) is 3.30. The lowest BCUT2D eigenvalue weighted by molar-refractivity contribution is 0.0951. The summed E-state index contributed by atoms with van der Waals surface area (Å²) in [5.74, 6) is 0.0178.